The molecule has 0 aliphatic carbocycles. The number of nitrogens with two attached hydrogens (primary N) is 3. The zero-order valence-corrected chi connectivity index (χ0v) is 20.0. The van der Waals surface area contributed by atoms with Crippen LogP contribution in [0.1, 0.15) is 25.3 Å². The molecule has 12 N–H and O–H groups in total. The number of nitrogens with zero attached hydrogens (tertiary/aromatic N) is 1. The first-order chi connectivity index (χ1) is 17.0. The second kappa shape index (κ2) is 15.3. The highest BCUT2D eigenvalue weighted by atomic mass is 16.4. The van der Waals surface area contributed by atoms with E-state index in [0.29, 0.717) is 12.0 Å². The predicted octanol–water partition coefficient (Wildman–Crippen LogP) is -3.48. The van der Waals surface area contributed by atoms with Gasteiger partial charge in [0, 0.05) is 13.0 Å². The largest absolute Gasteiger partial charge is 0.480 e. The van der Waals surface area contributed by atoms with Gasteiger partial charge in [-0.05, 0) is 25.3 Å². The number of hydrogen-bond donors (Lipinski definition) is 9. The number of aliphatic imine (C=N–C) groups is 1. The Labute approximate surface area is 208 Å². The molecule has 0 radical (unpaired) electrons. The van der Waals surface area contributed by atoms with Gasteiger partial charge in [0.15, 0.2) is 5.96 Å². The summed E-state index contributed by atoms with van der Waals surface area (Å²) in [6, 6.07) is 3.18. The highest BCUT2D eigenvalue weighted by Crippen LogP contribution is 2.05. The summed E-state index contributed by atoms with van der Waals surface area (Å²) in [5, 5.41) is 35.9. The van der Waals surface area contributed by atoms with Gasteiger partial charge in [-0.3, -0.25) is 19.4 Å². The fraction of sp³-hybridized carbons (Fsp3) is 0.500. The first-order valence-electron chi connectivity index (χ1n) is 11.2. The van der Waals surface area contributed by atoms with Crippen LogP contribution in [0.5, 0.6) is 0 Å². The van der Waals surface area contributed by atoms with Gasteiger partial charge in [0.2, 0.25) is 17.7 Å². The summed E-state index contributed by atoms with van der Waals surface area (Å²) in [7, 11) is 0. The zero-order chi connectivity index (χ0) is 27.3. The normalized spacial score (nSPS) is 14.9. The van der Waals surface area contributed by atoms with Gasteiger partial charge in [0.1, 0.15) is 18.1 Å². The van der Waals surface area contributed by atoms with Gasteiger partial charge < -0.3 is 48.5 Å². The molecular formula is C22H35N7O7. The molecule has 0 aliphatic heterocycles. The maximum atomic E-state index is 12.7. The van der Waals surface area contributed by atoms with Crippen molar-refractivity contribution >= 4 is 29.7 Å². The molecule has 0 saturated carbocycles. The lowest BCUT2D eigenvalue weighted by Crippen LogP contribution is -2.60. The standard InChI is InChI=1S/C22H35N7O7/c1-12(31)17(20(34)27-15(21(35)36)10-13-6-3-2-4-7-13)29-19(33)16(11-30)28-18(32)14(23)8-5-9-26-22(24)25/h2-4,6-7,12,14-17,30-31H,5,8-11,23H2,1H3,(H,27,34)(H,28,32)(H,29,33)(H,35,36)(H4,24,25,26). The van der Waals surface area contributed by atoms with Gasteiger partial charge in [-0.1, -0.05) is 30.3 Å². The minimum Gasteiger partial charge on any atom is -0.480 e. The molecule has 0 aromatic heterocycles. The van der Waals surface area contributed by atoms with Crippen LogP contribution in [0.2, 0.25) is 0 Å². The molecule has 5 unspecified atom stereocenters. The molecule has 3 amide bonds. The summed E-state index contributed by atoms with van der Waals surface area (Å²) < 4.78 is 0. The lowest BCUT2D eigenvalue weighted by atomic mass is 10.0. The van der Waals surface area contributed by atoms with Crippen LogP contribution in [0, 0.1) is 0 Å². The molecule has 36 heavy (non-hydrogen) atoms. The average molecular weight is 510 g/mol. The highest BCUT2D eigenvalue weighted by molar-refractivity contribution is 5.94. The molecular weight excluding hydrogens is 474 g/mol. The summed E-state index contributed by atoms with van der Waals surface area (Å²) in [6.45, 7) is 0.648. The lowest BCUT2D eigenvalue weighted by molar-refractivity contribution is -0.143. The van der Waals surface area contributed by atoms with Gasteiger partial charge in [0.05, 0.1) is 18.8 Å². The summed E-state index contributed by atoms with van der Waals surface area (Å²) in [5.41, 5.74) is 16.9. The third kappa shape index (κ3) is 10.7. The summed E-state index contributed by atoms with van der Waals surface area (Å²) in [5.74, 6) is -4.08. The zero-order valence-electron chi connectivity index (χ0n) is 20.0. The van der Waals surface area contributed by atoms with E-state index in [-0.39, 0.29) is 25.3 Å². The SMILES string of the molecule is CC(O)C(NC(=O)C(CO)NC(=O)C(N)CCCN=C(N)N)C(=O)NC(Cc1ccccc1)C(=O)O. The van der Waals surface area contributed by atoms with Crippen LogP contribution >= 0.6 is 0 Å². The Morgan fingerprint density at radius 1 is 0.972 bits per heavy atom. The van der Waals surface area contributed by atoms with Crippen molar-refractivity contribution in [3.63, 3.8) is 0 Å². The second-order valence-electron chi connectivity index (χ2n) is 8.12. The van der Waals surface area contributed by atoms with Crippen LogP contribution in [-0.4, -0.2) is 88.4 Å². The maximum absolute atomic E-state index is 12.7. The number of hydrogen-bond acceptors (Lipinski definition) is 8. The first-order valence-corrected chi connectivity index (χ1v) is 11.2. The Morgan fingerprint density at radius 2 is 1.58 bits per heavy atom. The molecule has 200 valence electrons. The number of aliphatic hydroxyl groups excluding tert-OH is 2. The molecule has 0 heterocycles. The number of rotatable bonds is 15. The van der Waals surface area contributed by atoms with Crippen molar-refractivity contribution in [1.82, 2.24) is 16.0 Å². The van der Waals surface area contributed by atoms with Crippen LogP contribution in [0.4, 0.5) is 0 Å². The maximum Gasteiger partial charge on any atom is 0.326 e. The third-order valence-electron chi connectivity index (χ3n) is 5.08. The number of carbonyl (C=O) groups excluding carboxylic acids is 3. The third-order valence-corrected chi connectivity index (χ3v) is 5.08. The van der Waals surface area contributed by atoms with E-state index in [9.17, 15) is 34.5 Å². The van der Waals surface area contributed by atoms with E-state index in [4.69, 9.17) is 17.2 Å². The van der Waals surface area contributed by atoms with Gasteiger partial charge in [-0.15, -0.1) is 0 Å². The van der Waals surface area contributed by atoms with E-state index in [1.807, 2.05) is 0 Å². The number of benzene rings is 1. The quantitative estimate of drug-likeness (QED) is 0.0640. The Hall–Kier alpha value is -3.75. The number of nitrogens with one attached hydrogen (secondary N) is 3. The fourth-order valence-electron chi connectivity index (χ4n) is 3.09. The molecule has 0 fully saturated rings. The van der Waals surface area contributed by atoms with Gasteiger partial charge >= 0.3 is 5.97 Å². The van der Waals surface area contributed by atoms with Gasteiger partial charge in [-0.2, -0.15) is 0 Å². The number of guanidine groups is 1. The molecule has 1 aromatic carbocycles. The number of carboxylic acid groups (broad SMARTS) is 1. The van der Waals surface area contributed by atoms with Crippen molar-refractivity contribution in [3.8, 4) is 0 Å². The van der Waals surface area contributed by atoms with E-state index in [1.165, 1.54) is 6.92 Å². The van der Waals surface area contributed by atoms with Crippen molar-refractivity contribution in [2.45, 2.75) is 56.5 Å². The van der Waals surface area contributed by atoms with Gasteiger partial charge in [0.25, 0.3) is 0 Å². The van der Waals surface area contributed by atoms with Crippen LogP contribution in [0.15, 0.2) is 35.3 Å². The van der Waals surface area contributed by atoms with Crippen LogP contribution < -0.4 is 33.2 Å². The van der Waals surface area contributed by atoms with E-state index in [0.717, 1.165) is 0 Å². The molecule has 1 aromatic rings. The topological polar surface area (TPSA) is 255 Å². The molecule has 5 atom stereocenters. The van der Waals surface area contributed by atoms with E-state index < -0.39 is 60.6 Å². The number of aliphatic carboxylic acids is 1. The Morgan fingerprint density at radius 3 is 2.11 bits per heavy atom. The first kappa shape index (κ1) is 30.3. The van der Waals surface area contributed by atoms with E-state index >= 15 is 0 Å². The smallest absolute Gasteiger partial charge is 0.326 e. The number of amides is 3. The summed E-state index contributed by atoms with van der Waals surface area (Å²) >= 11 is 0. The predicted molar refractivity (Wildman–Crippen MR) is 130 cm³/mol. The Balaban J connectivity index is 2.77. The highest BCUT2D eigenvalue weighted by Gasteiger charge is 2.32. The molecule has 14 heteroatoms. The molecule has 0 spiro atoms. The second-order valence-corrected chi connectivity index (χ2v) is 8.12. The monoisotopic (exact) mass is 509 g/mol. The molecule has 0 aliphatic rings. The Kier molecular flexibility index (Phi) is 12.9. The van der Waals surface area contributed by atoms with Gasteiger partial charge in [-0.25, -0.2) is 4.79 Å². The van der Waals surface area contributed by atoms with Crippen molar-refractivity contribution in [1.29, 1.82) is 0 Å². The number of carbonyl (C=O) groups is 4. The van der Waals surface area contributed by atoms with E-state index in [2.05, 4.69) is 20.9 Å². The lowest BCUT2D eigenvalue weighted by Gasteiger charge is -2.26. The minimum absolute atomic E-state index is 0.0290. The average Bonchev–Trinajstić information content (AvgIpc) is 2.82. The number of carboxylic acids is 1. The fourth-order valence-corrected chi connectivity index (χ4v) is 3.09. The number of aliphatic hydroxyl groups is 2. The van der Waals surface area contributed by atoms with Crippen molar-refractivity contribution in [3.05, 3.63) is 35.9 Å². The molecule has 14 nitrogen and oxygen atoms in total. The molecule has 1 rings (SSSR count). The van der Waals surface area contributed by atoms with Crippen molar-refractivity contribution in [2.24, 2.45) is 22.2 Å². The van der Waals surface area contributed by atoms with Crippen molar-refractivity contribution < 1.29 is 34.5 Å². The van der Waals surface area contributed by atoms with Crippen LogP contribution in [0.25, 0.3) is 0 Å². The summed E-state index contributed by atoms with van der Waals surface area (Å²) in [6.07, 6.45) is -0.869. The minimum atomic E-state index is -1.56. The molecule has 0 bridgehead atoms. The van der Waals surface area contributed by atoms with E-state index in [1.54, 1.807) is 30.3 Å². The Bertz CT molecular complexity index is 907. The van der Waals surface area contributed by atoms with Crippen LogP contribution in [0.3, 0.4) is 0 Å². The van der Waals surface area contributed by atoms with Crippen LogP contribution in [-0.2, 0) is 25.6 Å². The van der Waals surface area contributed by atoms with Crippen molar-refractivity contribution in [2.75, 3.05) is 13.2 Å². The summed E-state index contributed by atoms with van der Waals surface area (Å²) in [4.78, 5) is 53.0. The molecule has 0 saturated heterocycles.